The van der Waals surface area contributed by atoms with Crippen molar-refractivity contribution in [1.29, 1.82) is 0 Å². The first kappa shape index (κ1) is 34.7. The molecular formula is C52H45N5. The van der Waals surface area contributed by atoms with Crippen molar-refractivity contribution < 1.29 is 0 Å². The number of aromatic nitrogens is 5. The molecular weight excluding hydrogens is 695 g/mol. The van der Waals surface area contributed by atoms with Gasteiger partial charge in [-0.05, 0) is 113 Å². The third kappa shape index (κ3) is 5.85. The summed E-state index contributed by atoms with van der Waals surface area (Å²) in [7, 11) is 0. The Kier molecular flexibility index (Phi) is 7.88. The molecule has 0 unspecified atom stereocenters. The van der Waals surface area contributed by atoms with Crippen molar-refractivity contribution in [3.8, 4) is 39.8 Å². The van der Waals surface area contributed by atoms with Crippen LogP contribution in [-0.4, -0.2) is 23.7 Å². The Morgan fingerprint density at radius 3 is 1.18 bits per heavy atom. The van der Waals surface area contributed by atoms with E-state index in [1.54, 1.807) is 0 Å². The molecule has 3 heterocycles. The third-order valence-corrected chi connectivity index (χ3v) is 11.3. The normalized spacial score (nSPS) is 12.4. The lowest BCUT2D eigenvalue weighted by molar-refractivity contribution is 0.590. The summed E-state index contributed by atoms with van der Waals surface area (Å²) >= 11 is 0. The summed E-state index contributed by atoms with van der Waals surface area (Å²) in [6.45, 7) is 13.8. The molecule has 0 amide bonds. The second-order valence-electron chi connectivity index (χ2n) is 17.3. The summed E-state index contributed by atoms with van der Waals surface area (Å²) in [5, 5.41) is 2.51. The van der Waals surface area contributed by atoms with E-state index in [0.717, 1.165) is 61.9 Å². The first-order valence-corrected chi connectivity index (χ1v) is 19.8. The highest BCUT2D eigenvalue weighted by atomic mass is 15.1. The van der Waals surface area contributed by atoms with Crippen molar-refractivity contribution in [3.05, 3.63) is 175 Å². The number of fused-ring (bicyclic) bond motifs is 5. The Morgan fingerprint density at radius 1 is 0.351 bits per heavy atom. The van der Waals surface area contributed by atoms with Crippen LogP contribution in [0.1, 0.15) is 52.7 Å². The summed E-state index contributed by atoms with van der Waals surface area (Å²) < 4.78 is 7.02. The molecule has 5 nitrogen and oxygen atoms in total. The van der Waals surface area contributed by atoms with Crippen molar-refractivity contribution in [2.45, 2.75) is 52.4 Å². The second-order valence-corrected chi connectivity index (χ2v) is 17.3. The van der Waals surface area contributed by atoms with Gasteiger partial charge >= 0.3 is 0 Å². The molecule has 0 fully saturated rings. The van der Waals surface area contributed by atoms with Crippen LogP contribution in [0.15, 0.2) is 164 Å². The minimum absolute atomic E-state index is 0.00434. The maximum atomic E-state index is 5.37. The van der Waals surface area contributed by atoms with E-state index >= 15 is 0 Å². The van der Waals surface area contributed by atoms with Crippen LogP contribution in [0.5, 0.6) is 0 Å². The van der Waals surface area contributed by atoms with Gasteiger partial charge in [-0.3, -0.25) is 9.13 Å². The van der Waals surface area contributed by atoms with Crippen LogP contribution in [-0.2, 0) is 10.8 Å². The zero-order valence-electron chi connectivity index (χ0n) is 33.3. The zero-order valence-corrected chi connectivity index (χ0v) is 33.3. The highest BCUT2D eigenvalue weighted by Gasteiger charge is 2.24. The fourth-order valence-electron chi connectivity index (χ4n) is 8.35. The molecule has 0 spiro atoms. The molecule has 278 valence electrons. The van der Waals surface area contributed by atoms with Gasteiger partial charge in [0.1, 0.15) is 11.6 Å². The Labute approximate surface area is 333 Å². The molecule has 57 heavy (non-hydrogen) atoms. The molecule has 0 bridgehead atoms. The van der Waals surface area contributed by atoms with E-state index < -0.39 is 0 Å². The van der Waals surface area contributed by atoms with Crippen molar-refractivity contribution >= 4 is 43.9 Å². The molecule has 0 aliphatic carbocycles. The van der Waals surface area contributed by atoms with Crippen molar-refractivity contribution in [2.75, 3.05) is 0 Å². The van der Waals surface area contributed by atoms with E-state index in [1.165, 1.54) is 32.9 Å². The average molecular weight is 740 g/mol. The number of hydrogen-bond acceptors (Lipinski definition) is 2. The Morgan fingerprint density at radius 2 is 0.754 bits per heavy atom. The van der Waals surface area contributed by atoms with Crippen LogP contribution in [0.2, 0.25) is 0 Å². The van der Waals surface area contributed by atoms with E-state index in [0.29, 0.717) is 0 Å². The van der Waals surface area contributed by atoms with Crippen LogP contribution in [0.25, 0.3) is 83.7 Å². The molecule has 3 aromatic heterocycles. The Hall–Kier alpha value is -6.72. The van der Waals surface area contributed by atoms with Gasteiger partial charge in [0.05, 0.1) is 33.1 Å². The fraction of sp³-hybridized carbons (Fsp3) is 0.154. The molecule has 7 aromatic carbocycles. The first-order valence-electron chi connectivity index (χ1n) is 19.8. The lowest BCUT2D eigenvalue weighted by atomic mass is 9.85. The van der Waals surface area contributed by atoms with E-state index in [4.69, 9.17) is 9.97 Å². The van der Waals surface area contributed by atoms with Gasteiger partial charge in [-0.2, -0.15) is 0 Å². The molecule has 0 saturated carbocycles. The van der Waals surface area contributed by atoms with Gasteiger partial charge in [-0.25, -0.2) is 9.97 Å². The van der Waals surface area contributed by atoms with Crippen LogP contribution >= 0.6 is 0 Å². The molecule has 0 aliphatic rings. The molecule has 10 aromatic rings. The third-order valence-electron chi connectivity index (χ3n) is 11.3. The number of hydrogen-bond donors (Lipinski definition) is 0. The van der Waals surface area contributed by atoms with Crippen LogP contribution in [0, 0.1) is 0 Å². The van der Waals surface area contributed by atoms with Gasteiger partial charge in [0, 0.05) is 39.0 Å². The van der Waals surface area contributed by atoms with Gasteiger partial charge < -0.3 is 4.57 Å². The van der Waals surface area contributed by atoms with Crippen molar-refractivity contribution in [2.24, 2.45) is 0 Å². The van der Waals surface area contributed by atoms with Gasteiger partial charge in [0.25, 0.3) is 0 Å². The maximum absolute atomic E-state index is 5.37. The zero-order chi connectivity index (χ0) is 39.1. The second kappa shape index (κ2) is 12.9. The molecule has 0 radical (unpaired) electrons. The SMILES string of the molecule is CC(C)(C)c1ccc2c(c1)c1cc(C(C)(C)C)ccc1n2-c1cc(-c2nc3ccccc3n2-c2ccccc2)cc(-c2nc3ccccc3n2-c2ccccc2)c1. The number of benzene rings is 7. The highest BCUT2D eigenvalue weighted by Crippen LogP contribution is 2.41. The smallest absolute Gasteiger partial charge is 0.145 e. The monoisotopic (exact) mass is 739 g/mol. The summed E-state index contributed by atoms with van der Waals surface area (Å²) in [6, 6.07) is 58.9. The number of rotatable bonds is 5. The Balaban J connectivity index is 1.33. The molecule has 0 aliphatic heterocycles. The largest absolute Gasteiger partial charge is 0.309 e. The van der Waals surface area contributed by atoms with Gasteiger partial charge in [-0.1, -0.05) is 114 Å². The van der Waals surface area contributed by atoms with Crippen molar-refractivity contribution in [3.63, 3.8) is 0 Å². The predicted octanol–water partition coefficient (Wildman–Crippen LogP) is 13.4. The van der Waals surface area contributed by atoms with Crippen LogP contribution in [0.4, 0.5) is 0 Å². The van der Waals surface area contributed by atoms with Gasteiger partial charge in [0.2, 0.25) is 0 Å². The van der Waals surface area contributed by atoms with Gasteiger partial charge in [-0.15, -0.1) is 0 Å². The number of nitrogens with zero attached hydrogens (tertiary/aromatic N) is 5. The molecule has 0 N–H and O–H groups in total. The first-order chi connectivity index (χ1) is 27.5. The summed E-state index contributed by atoms with van der Waals surface area (Å²) in [5.74, 6) is 1.75. The van der Waals surface area contributed by atoms with E-state index in [2.05, 4.69) is 219 Å². The minimum Gasteiger partial charge on any atom is -0.309 e. The molecule has 10 rings (SSSR count). The van der Waals surface area contributed by atoms with E-state index in [-0.39, 0.29) is 10.8 Å². The molecule has 0 saturated heterocycles. The number of para-hydroxylation sites is 6. The predicted molar refractivity (Wildman–Crippen MR) is 238 cm³/mol. The summed E-state index contributed by atoms with van der Waals surface area (Å²) in [5.41, 5.74) is 14.2. The van der Waals surface area contributed by atoms with Gasteiger partial charge in [0.15, 0.2) is 0 Å². The van der Waals surface area contributed by atoms with E-state index in [1.807, 2.05) is 0 Å². The number of imidazole rings is 2. The lowest BCUT2D eigenvalue weighted by Crippen LogP contribution is -2.10. The average Bonchev–Trinajstić information content (AvgIpc) is 3.90. The minimum atomic E-state index is 0.00434. The summed E-state index contributed by atoms with van der Waals surface area (Å²) in [6.07, 6.45) is 0. The summed E-state index contributed by atoms with van der Waals surface area (Å²) in [4.78, 5) is 10.7. The van der Waals surface area contributed by atoms with Crippen LogP contribution in [0.3, 0.4) is 0 Å². The van der Waals surface area contributed by atoms with Crippen LogP contribution < -0.4 is 0 Å². The standard InChI is InChI=1S/C52H45N5/c1-51(2,3)36-25-27-45-41(32-36)42-33-37(52(4,5)6)26-28-46(42)55(45)40-30-34(49-53-43-21-13-15-23-47(43)56(49)38-17-9-7-10-18-38)29-35(31-40)50-54-44-22-14-16-24-48(44)57(50)39-19-11-8-12-20-39/h7-33H,1-6H3. The molecule has 0 atom stereocenters. The van der Waals surface area contributed by atoms with E-state index in [9.17, 15) is 0 Å². The Bertz CT molecular complexity index is 2920. The fourth-order valence-corrected chi connectivity index (χ4v) is 8.35. The topological polar surface area (TPSA) is 40.6 Å². The lowest BCUT2D eigenvalue weighted by Gasteiger charge is -2.19. The van der Waals surface area contributed by atoms with Crippen molar-refractivity contribution in [1.82, 2.24) is 23.7 Å². The molecule has 5 heteroatoms. The maximum Gasteiger partial charge on any atom is 0.145 e. The quantitative estimate of drug-likeness (QED) is 0.176. The highest BCUT2D eigenvalue weighted by molar-refractivity contribution is 6.10.